The van der Waals surface area contributed by atoms with Gasteiger partial charge < -0.3 is 10.1 Å². The van der Waals surface area contributed by atoms with Crippen LogP contribution in [0.4, 0.5) is 16.5 Å². The summed E-state index contributed by atoms with van der Waals surface area (Å²) >= 11 is 1.27. The maximum absolute atomic E-state index is 12.4. The van der Waals surface area contributed by atoms with Gasteiger partial charge in [0.05, 0.1) is 16.2 Å². The third kappa shape index (κ3) is 5.14. The lowest BCUT2D eigenvalue weighted by atomic mass is 10.1. The molecular weight excluding hydrogens is 396 g/mol. The molecule has 0 aliphatic carbocycles. The number of ether oxygens (including phenoxy) is 1. The largest absolute Gasteiger partial charge is 0.477 e. The Bertz CT molecular complexity index is 1050. The molecular formula is C19H16N4O5S. The summed E-state index contributed by atoms with van der Waals surface area (Å²) in [6, 6.07) is 10.9. The molecule has 1 heterocycles. The van der Waals surface area contributed by atoms with E-state index in [-0.39, 0.29) is 22.7 Å². The molecule has 10 heteroatoms. The van der Waals surface area contributed by atoms with Crippen molar-refractivity contribution < 1.29 is 19.2 Å². The fourth-order valence-corrected chi connectivity index (χ4v) is 2.99. The van der Waals surface area contributed by atoms with Crippen LogP contribution in [0, 0.1) is 17.0 Å². The molecule has 29 heavy (non-hydrogen) atoms. The number of aromatic nitrogens is 1. The van der Waals surface area contributed by atoms with Gasteiger partial charge in [-0.25, -0.2) is 4.98 Å². The fraction of sp³-hybridized carbons (Fsp3) is 0.105. The highest BCUT2D eigenvalue weighted by atomic mass is 32.1. The molecule has 148 valence electrons. The Kier molecular flexibility index (Phi) is 6.15. The first-order valence-corrected chi connectivity index (χ1v) is 9.29. The van der Waals surface area contributed by atoms with E-state index in [2.05, 4.69) is 15.6 Å². The molecule has 3 aromatic rings. The number of nitro benzene ring substituents is 1. The molecule has 2 N–H and O–H groups in total. The van der Waals surface area contributed by atoms with Crippen LogP contribution >= 0.6 is 11.3 Å². The molecule has 0 radical (unpaired) electrons. The van der Waals surface area contributed by atoms with Crippen molar-refractivity contribution in [2.24, 2.45) is 0 Å². The average molecular weight is 412 g/mol. The summed E-state index contributed by atoms with van der Waals surface area (Å²) in [7, 11) is 0. The van der Waals surface area contributed by atoms with Gasteiger partial charge in [-0.1, -0.05) is 18.2 Å². The van der Waals surface area contributed by atoms with E-state index in [1.54, 1.807) is 48.8 Å². The van der Waals surface area contributed by atoms with Crippen molar-refractivity contribution in [2.45, 2.75) is 6.92 Å². The van der Waals surface area contributed by atoms with Crippen molar-refractivity contribution >= 4 is 39.7 Å². The molecule has 0 spiro atoms. The monoisotopic (exact) mass is 412 g/mol. The minimum Gasteiger partial charge on any atom is -0.477 e. The lowest BCUT2D eigenvalue weighted by Crippen LogP contribution is -2.23. The zero-order chi connectivity index (χ0) is 20.8. The van der Waals surface area contributed by atoms with E-state index in [1.165, 1.54) is 23.5 Å². The van der Waals surface area contributed by atoms with Gasteiger partial charge in [0.2, 0.25) is 0 Å². The second-order valence-electron chi connectivity index (χ2n) is 5.90. The highest BCUT2D eigenvalue weighted by Crippen LogP contribution is 2.27. The number of thiazole rings is 1. The molecule has 2 amide bonds. The molecule has 2 aromatic carbocycles. The van der Waals surface area contributed by atoms with Gasteiger partial charge >= 0.3 is 5.69 Å². The second-order valence-corrected chi connectivity index (χ2v) is 6.80. The first kappa shape index (κ1) is 20.0. The van der Waals surface area contributed by atoms with Crippen molar-refractivity contribution in [2.75, 3.05) is 17.2 Å². The van der Waals surface area contributed by atoms with Crippen LogP contribution in [-0.2, 0) is 4.79 Å². The average Bonchev–Trinajstić information content (AvgIpc) is 3.20. The lowest BCUT2D eigenvalue weighted by molar-refractivity contribution is -0.385. The minimum atomic E-state index is -0.571. The standard InChI is InChI=1S/C19H16N4O5S/c1-12-6-7-16(15(10-12)23(26)27)28-11-17(24)21-14-5-3-2-4-13(14)18(25)22-19-20-8-9-29-19/h2-10H,11H2,1H3,(H,21,24)(H,20,22,25). The highest BCUT2D eigenvalue weighted by molar-refractivity contribution is 7.13. The van der Waals surface area contributed by atoms with Crippen LogP contribution in [0.3, 0.4) is 0 Å². The van der Waals surface area contributed by atoms with E-state index < -0.39 is 23.3 Å². The summed E-state index contributed by atoms with van der Waals surface area (Å²) in [5.41, 5.74) is 1.01. The number of nitro groups is 1. The predicted molar refractivity (Wildman–Crippen MR) is 108 cm³/mol. The van der Waals surface area contributed by atoms with Crippen LogP contribution in [-0.4, -0.2) is 28.3 Å². The van der Waals surface area contributed by atoms with E-state index in [4.69, 9.17) is 4.74 Å². The molecule has 0 aliphatic heterocycles. The van der Waals surface area contributed by atoms with Crippen molar-refractivity contribution in [1.29, 1.82) is 0 Å². The summed E-state index contributed by atoms with van der Waals surface area (Å²) in [5.74, 6) is -0.995. The normalized spacial score (nSPS) is 10.2. The molecule has 0 bridgehead atoms. The maximum Gasteiger partial charge on any atom is 0.311 e. The number of amides is 2. The summed E-state index contributed by atoms with van der Waals surface area (Å²) < 4.78 is 5.31. The summed E-state index contributed by atoms with van der Waals surface area (Å²) in [6.07, 6.45) is 1.57. The number of aryl methyl sites for hydroxylation is 1. The Morgan fingerprint density at radius 3 is 2.72 bits per heavy atom. The van der Waals surface area contributed by atoms with Crippen LogP contribution < -0.4 is 15.4 Å². The summed E-state index contributed by atoms with van der Waals surface area (Å²) in [6.45, 7) is 1.27. The molecule has 0 atom stereocenters. The van der Waals surface area contributed by atoms with Gasteiger partial charge in [0.1, 0.15) is 0 Å². The molecule has 3 rings (SSSR count). The van der Waals surface area contributed by atoms with Gasteiger partial charge in [-0.15, -0.1) is 11.3 Å². The Morgan fingerprint density at radius 1 is 1.21 bits per heavy atom. The van der Waals surface area contributed by atoms with E-state index in [9.17, 15) is 19.7 Å². The third-order valence-corrected chi connectivity index (χ3v) is 4.46. The van der Waals surface area contributed by atoms with Gasteiger partial charge in [-0.05, 0) is 30.7 Å². The topological polar surface area (TPSA) is 123 Å². The number of para-hydroxylation sites is 1. The van der Waals surface area contributed by atoms with Crippen LogP contribution in [0.2, 0.25) is 0 Å². The Hall–Kier alpha value is -3.79. The van der Waals surface area contributed by atoms with Crippen molar-refractivity contribution in [1.82, 2.24) is 4.98 Å². The molecule has 1 aromatic heterocycles. The Balaban J connectivity index is 1.67. The van der Waals surface area contributed by atoms with Crippen LogP contribution in [0.25, 0.3) is 0 Å². The zero-order valence-corrected chi connectivity index (χ0v) is 16.1. The number of rotatable bonds is 7. The van der Waals surface area contributed by atoms with Crippen molar-refractivity contribution in [3.63, 3.8) is 0 Å². The summed E-state index contributed by atoms with van der Waals surface area (Å²) in [5, 5.41) is 18.5. The first-order chi connectivity index (χ1) is 13.9. The van der Waals surface area contributed by atoms with Gasteiger partial charge in [-0.2, -0.15) is 0 Å². The van der Waals surface area contributed by atoms with E-state index in [0.717, 1.165) is 0 Å². The Morgan fingerprint density at radius 2 is 2.00 bits per heavy atom. The van der Waals surface area contributed by atoms with Crippen molar-refractivity contribution in [3.8, 4) is 5.75 Å². The van der Waals surface area contributed by atoms with E-state index in [1.807, 2.05) is 0 Å². The first-order valence-electron chi connectivity index (χ1n) is 8.41. The summed E-state index contributed by atoms with van der Waals surface area (Å²) in [4.78, 5) is 39.3. The molecule has 0 saturated heterocycles. The number of nitrogens with one attached hydrogen (secondary N) is 2. The molecule has 0 unspecified atom stereocenters. The number of carbonyl (C=O) groups is 2. The SMILES string of the molecule is Cc1ccc(OCC(=O)Nc2ccccc2C(=O)Nc2nccs2)c([N+](=O)[O-])c1. The number of benzene rings is 2. The number of carbonyl (C=O) groups excluding carboxylic acids is 2. The smallest absolute Gasteiger partial charge is 0.311 e. The predicted octanol–water partition coefficient (Wildman–Crippen LogP) is 3.63. The van der Waals surface area contributed by atoms with Gasteiger partial charge in [0.25, 0.3) is 11.8 Å². The second kappa shape index (κ2) is 8.93. The molecule has 0 aliphatic rings. The number of hydrogen-bond acceptors (Lipinski definition) is 7. The number of nitrogens with zero attached hydrogens (tertiary/aromatic N) is 2. The van der Waals surface area contributed by atoms with E-state index >= 15 is 0 Å². The Labute approximate surface area is 169 Å². The third-order valence-electron chi connectivity index (χ3n) is 3.77. The minimum absolute atomic E-state index is 0.00875. The fourth-order valence-electron chi connectivity index (χ4n) is 2.46. The van der Waals surface area contributed by atoms with Gasteiger partial charge in [0, 0.05) is 17.6 Å². The molecule has 9 nitrogen and oxygen atoms in total. The van der Waals surface area contributed by atoms with Crippen LogP contribution in [0.1, 0.15) is 15.9 Å². The van der Waals surface area contributed by atoms with E-state index in [0.29, 0.717) is 10.7 Å². The molecule has 0 saturated carbocycles. The zero-order valence-electron chi connectivity index (χ0n) is 15.2. The number of hydrogen-bond donors (Lipinski definition) is 2. The maximum atomic E-state index is 12.4. The molecule has 0 fully saturated rings. The highest BCUT2D eigenvalue weighted by Gasteiger charge is 2.18. The van der Waals surface area contributed by atoms with Gasteiger partial charge in [-0.3, -0.25) is 25.0 Å². The lowest BCUT2D eigenvalue weighted by Gasteiger charge is -2.11. The van der Waals surface area contributed by atoms with Crippen LogP contribution in [0.5, 0.6) is 5.75 Å². The van der Waals surface area contributed by atoms with Crippen molar-refractivity contribution in [3.05, 3.63) is 75.3 Å². The quantitative estimate of drug-likeness (QED) is 0.451. The van der Waals surface area contributed by atoms with Crippen LogP contribution in [0.15, 0.2) is 54.0 Å². The van der Waals surface area contributed by atoms with Gasteiger partial charge in [0.15, 0.2) is 17.5 Å². The number of anilines is 2.